The number of benzene rings is 2. The molecule has 0 bridgehead atoms. The molecule has 0 unspecified atom stereocenters. The van der Waals surface area contributed by atoms with E-state index in [-0.39, 0.29) is 17.4 Å². The summed E-state index contributed by atoms with van der Waals surface area (Å²) in [4.78, 5) is 36.1. The van der Waals surface area contributed by atoms with Crippen molar-refractivity contribution in [1.29, 1.82) is 0 Å². The Bertz CT molecular complexity index is 1190. The van der Waals surface area contributed by atoms with Gasteiger partial charge in [-0.1, -0.05) is 0 Å². The Morgan fingerprint density at radius 3 is 2.27 bits per heavy atom. The number of rotatable bonds is 6. The summed E-state index contributed by atoms with van der Waals surface area (Å²) < 4.78 is 20.2. The second-order valence-corrected chi connectivity index (χ2v) is 7.75. The second kappa shape index (κ2) is 9.64. The first-order valence-electron chi connectivity index (χ1n) is 10.6. The Balaban J connectivity index is 1.42. The second-order valence-electron chi connectivity index (χ2n) is 7.75. The molecule has 1 aromatic heterocycles. The van der Waals surface area contributed by atoms with E-state index in [9.17, 15) is 18.8 Å². The van der Waals surface area contributed by atoms with E-state index in [0.29, 0.717) is 23.5 Å². The number of anilines is 2. The van der Waals surface area contributed by atoms with Gasteiger partial charge in [-0.05, 0) is 74.2 Å². The molecule has 0 saturated carbocycles. The smallest absolute Gasteiger partial charge is 0.359 e. The first-order valence-corrected chi connectivity index (χ1v) is 10.6. The molecule has 4 rings (SSSR count). The molecule has 2 N–H and O–H groups in total. The van der Waals surface area contributed by atoms with Crippen LogP contribution in [0.1, 0.15) is 41.5 Å². The minimum absolute atomic E-state index is 0.182. The molecule has 2 aromatic carbocycles. The van der Waals surface area contributed by atoms with Crippen molar-refractivity contribution in [2.24, 2.45) is 0 Å². The quantitative estimate of drug-likeness (QED) is 0.558. The van der Waals surface area contributed by atoms with E-state index in [1.807, 2.05) is 0 Å². The van der Waals surface area contributed by atoms with Crippen molar-refractivity contribution in [1.82, 2.24) is 9.78 Å². The number of ether oxygens (including phenoxy) is 1. The van der Waals surface area contributed by atoms with Crippen LogP contribution in [0.15, 0.2) is 48.5 Å². The van der Waals surface area contributed by atoms with Gasteiger partial charge in [-0.25, -0.2) is 13.9 Å². The molecule has 9 heteroatoms. The van der Waals surface area contributed by atoms with Gasteiger partial charge in [-0.15, -0.1) is 0 Å². The zero-order chi connectivity index (χ0) is 23.4. The van der Waals surface area contributed by atoms with E-state index in [1.54, 1.807) is 41.1 Å². The fraction of sp³-hybridized carbons (Fsp3) is 0.250. The Labute approximate surface area is 189 Å². The summed E-state index contributed by atoms with van der Waals surface area (Å²) in [7, 11) is 0. The molecule has 1 aliphatic rings. The van der Waals surface area contributed by atoms with Crippen LogP contribution in [0.3, 0.4) is 0 Å². The first-order chi connectivity index (χ1) is 15.9. The zero-order valence-corrected chi connectivity index (χ0v) is 18.1. The number of carbonyl (C=O) groups excluding carboxylic acids is 3. The van der Waals surface area contributed by atoms with E-state index in [0.717, 1.165) is 30.5 Å². The average molecular weight is 450 g/mol. The summed E-state index contributed by atoms with van der Waals surface area (Å²) >= 11 is 0. The molecule has 8 nitrogen and oxygen atoms in total. The lowest BCUT2D eigenvalue weighted by Crippen LogP contribution is -2.21. The highest BCUT2D eigenvalue weighted by Gasteiger charge is 2.27. The SMILES string of the molecule is CC(=O)Nc1ccc(NC(=O)COC(=O)c2nn(-c3ccc(F)cc3)c3c2CCCC3)cc1. The molecule has 1 heterocycles. The van der Waals surface area contributed by atoms with Crippen LogP contribution >= 0.6 is 0 Å². The molecule has 0 fully saturated rings. The summed E-state index contributed by atoms with van der Waals surface area (Å²) in [5, 5.41) is 9.71. The van der Waals surface area contributed by atoms with Crippen LogP contribution < -0.4 is 10.6 Å². The molecule has 33 heavy (non-hydrogen) atoms. The number of nitrogens with zero attached hydrogens (tertiary/aromatic N) is 2. The number of amides is 2. The third-order valence-corrected chi connectivity index (χ3v) is 5.27. The Kier molecular flexibility index (Phi) is 6.48. The van der Waals surface area contributed by atoms with Gasteiger partial charge >= 0.3 is 5.97 Å². The van der Waals surface area contributed by atoms with Crippen LogP contribution in [0.4, 0.5) is 15.8 Å². The fourth-order valence-corrected chi connectivity index (χ4v) is 3.80. The summed E-state index contributed by atoms with van der Waals surface area (Å²) in [5.41, 5.74) is 3.67. The lowest BCUT2D eigenvalue weighted by atomic mass is 9.95. The van der Waals surface area contributed by atoms with Crippen molar-refractivity contribution >= 4 is 29.2 Å². The van der Waals surface area contributed by atoms with Gasteiger partial charge in [-0.3, -0.25) is 9.59 Å². The van der Waals surface area contributed by atoms with E-state index in [4.69, 9.17) is 4.74 Å². The number of nitrogens with one attached hydrogen (secondary N) is 2. The predicted octanol–water partition coefficient (Wildman–Crippen LogP) is 3.64. The van der Waals surface area contributed by atoms with E-state index in [2.05, 4.69) is 15.7 Å². The first kappa shape index (κ1) is 22.2. The maximum Gasteiger partial charge on any atom is 0.359 e. The maximum atomic E-state index is 13.3. The molecule has 2 amide bonds. The van der Waals surface area contributed by atoms with E-state index >= 15 is 0 Å². The molecule has 0 radical (unpaired) electrons. The largest absolute Gasteiger partial charge is 0.451 e. The van der Waals surface area contributed by atoms with Crippen molar-refractivity contribution in [2.45, 2.75) is 32.6 Å². The third-order valence-electron chi connectivity index (χ3n) is 5.27. The van der Waals surface area contributed by atoms with Crippen molar-refractivity contribution in [3.8, 4) is 5.69 Å². The monoisotopic (exact) mass is 450 g/mol. The van der Waals surface area contributed by atoms with E-state index in [1.165, 1.54) is 19.1 Å². The van der Waals surface area contributed by atoms with Crippen molar-refractivity contribution in [2.75, 3.05) is 17.2 Å². The molecule has 0 atom stereocenters. The van der Waals surface area contributed by atoms with Crippen molar-refractivity contribution in [3.63, 3.8) is 0 Å². The normalized spacial score (nSPS) is 12.5. The predicted molar refractivity (Wildman–Crippen MR) is 120 cm³/mol. The summed E-state index contributed by atoms with van der Waals surface area (Å²) in [6.45, 7) is 0.939. The van der Waals surface area contributed by atoms with Crippen molar-refractivity contribution in [3.05, 3.63) is 71.3 Å². The molecule has 3 aromatic rings. The topological polar surface area (TPSA) is 102 Å². The average Bonchev–Trinajstić information content (AvgIpc) is 3.19. The maximum absolute atomic E-state index is 13.3. The molecule has 1 aliphatic carbocycles. The van der Waals surface area contributed by atoms with Crippen LogP contribution in [-0.2, 0) is 27.2 Å². The Hall–Kier alpha value is -4.01. The number of fused-ring (bicyclic) bond motifs is 1. The highest BCUT2D eigenvalue weighted by molar-refractivity contribution is 5.96. The number of esters is 1. The molecular formula is C24H23FN4O4. The van der Waals surface area contributed by atoms with Gasteiger partial charge < -0.3 is 15.4 Å². The standard InChI is InChI=1S/C24H23FN4O4/c1-15(30)26-17-8-10-18(11-9-17)27-22(31)14-33-24(32)23-20-4-2-3-5-21(20)29(28-23)19-12-6-16(25)7-13-19/h6-13H,2-5,14H2,1H3,(H,26,30)(H,27,31). The molecule has 0 spiro atoms. The van der Waals surface area contributed by atoms with Gasteiger partial charge in [0.1, 0.15) is 5.82 Å². The lowest BCUT2D eigenvalue weighted by Gasteiger charge is -2.14. The number of carbonyl (C=O) groups is 3. The highest BCUT2D eigenvalue weighted by atomic mass is 19.1. The van der Waals surface area contributed by atoms with Gasteiger partial charge in [0.15, 0.2) is 12.3 Å². The van der Waals surface area contributed by atoms with Crippen LogP contribution in [0.25, 0.3) is 5.69 Å². The van der Waals surface area contributed by atoms with Gasteiger partial charge in [0.05, 0.1) is 5.69 Å². The van der Waals surface area contributed by atoms with Gasteiger partial charge in [0.2, 0.25) is 5.91 Å². The van der Waals surface area contributed by atoms with Crippen LogP contribution in [-0.4, -0.2) is 34.2 Å². The lowest BCUT2D eigenvalue weighted by molar-refractivity contribution is -0.119. The molecular weight excluding hydrogens is 427 g/mol. The number of hydrogen-bond acceptors (Lipinski definition) is 5. The highest BCUT2D eigenvalue weighted by Crippen LogP contribution is 2.27. The summed E-state index contributed by atoms with van der Waals surface area (Å²) in [6, 6.07) is 12.5. The number of halogens is 1. The van der Waals surface area contributed by atoms with E-state index < -0.39 is 18.5 Å². The fourth-order valence-electron chi connectivity index (χ4n) is 3.80. The summed E-state index contributed by atoms with van der Waals surface area (Å²) in [5.74, 6) is -1.72. The van der Waals surface area contributed by atoms with Gasteiger partial charge in [-0.2, -0.15) is 5.10 Å². The Morgan fingerprint density at radius 2 is 1.61 bits per heavy atom. The van der Waals surface area contributed by atoms with Crippen LogP contribution in [0.2, 0.25) is 0 Å². The molecule has 170 valence electrons. The molecule has 0 aliphatic heterocycles. The number of aromatic nitrogens is 2. The van der Waals surface area contributed by atoms with Gasteiger partial charge in [0, 0.05) is 29.6 Å². The Morgan fingerprint density at radius 1 is 0.970 bits per heavy atom. The van der Waals surface area contributed by atoms with Crippen molar-refractivity contribution < 1.29 is 23.5 Å². The minimum Gasteiger partial charge on any atom is -0.451 e. The zero-order valence-electron chi connectivity index (χ0n) is 18.1. The molecule has 0 saturated heterocycles. The minimum atomic E-state index is -0.676. The number of hydrogen-bond donors (Lipinski definition) is 2. The van der Waals surface area contributed by atoms with Crippen LogP contribution in [0, 0.1) is 5.82 Å². The van der Waals surface area contributed by atoms with Gasteiger partial charge in [0.25, 0.3) is 5.91 Å². The summed E-state index contributed by atoms with van der Waals surface area (Å²) in [6.07, 6.45) is 3.34. The van der Waals surface area contributed by atoms with Crippen LogP contribution in [0.5, 0.6) is 0 Å². The third kappa shape index (κ3) is 5.25.